The van der Waals surface area contributed by atoms with Crippen LogP contribution in [0.15, 0.2) is 60.7 Å². The summed E-state index contributed by atoms with van der Waals surface area (Å²) in [6, 6.07) is 19.2. The topological polar surface area (TPSA) is 46.6 Å². The molecular weight excluding hydrogens is 290 g/mol. The minimum Gasteiger partial charge on any atom is -0.470 e. The van der Waals surface area contributed by atoms with E-state index >= 15 is 0 Å². The lowest BCUT2D eigenvalue weighted by Crippen LogP contribution is -2.57. The fourth-order valence-corrected chi connectivity index (χ4v) is 2.57. The Balaban J connectivity index is 1.49. The molecule has 4 heteroatoms. The Kier molecular flexibility index (Phi) is 4.71. The summed E-state index contributed by atoms with van der Waals surface area (Å²) in [6.07, 6.45) is 1.14. The number of ether oxygens (including phenoxy) is 1. The number of β-lactam (4-membered cyclic amide) rings is 1. The van der Waals surface area contributed by atoms with Crippen molar-refractivity contribution in [2.45, 2.75) is 25.5 Å². The molecule has 0 aromatic heterocycles. The van der Waals surface area contributed by atoms with Gasteiger partial charge in [0.2, 0.25) is 5.91 Å². The van der Waals surface area contributed by atoms with Crippen molar-refractivity contribution in [1.82, 2.24) is 4.90 Å². The fraction of sp³-hybridized carbons (Fsp3) is 0.263. The maximum Gasteiger partial charge on any atom is 0.231 e. The van der Waals surface area contributed by atoms with Gasteiger partial charge in [-0.3, -0.25) is 14.5 Å². The summed E-state index contributed by atoms with van der Waals surface area (Å²) >= 11 is 0. The number of Topliss-reactive ketones (excluding diaryl/α,β-unsaturated/α-hetero) is 1. The van der Waals surface area contributed by atoms with Crippen LogP contribution in [0, 0.1) is 0 Å². The highest BCUT2D eigenvalue weighted by atomic mass is 16.5. The van der Waals surface area contributed by atoms with E-state index in [-0.39, 0.29) is 24.5 Å². The SMILES string of the molecule is O=C(CCc1ccccc1)CN1C(=O)CC1Oc1ccccc1. The molecule has 1 heterocycles. The molecule has 1 amide bonds. The van der Waals surface area contributed by atoms with Gasteiger partial charge in [0.1, 0.15) is 5.75 Å². The number of nitrogens with zero attached hydrogens (tertiary/aromatic N) is 1. The number of hydrogen-bond acceptors (Lipinski definition) is 3. The molecule has 1 atom stereocenters. The highest BCUT2D eigenvalue weighted by Gasteiger charge is 2.38. The Morgan fingerprint density at radius 1 is 1.04 bits per heavy atom. The molecule has 0 spiro atoms. The molecule has 1 saturated heterocycles. The highest BCUT2D eigenvalue weighted by molar-refractivity contribution is 5.89. The van der Waals surface area contributed by atoms with Gasteiger partial charge < -0.3 is 4.74 Å². The third-order valence-corrected chi connectivity index (χ3v) is 3.91. The fourth-order valence-electron chi connectivity index (χ4n) is 2.57. The van der Waals surface area contributed by atoms with Gasteiger partial charge >= 0.3 is 0 Å². The molecule has 23 heavy (non-hydrogen) atoms. The maximum atomic E-state index is 12.1. The predicted octanol–water partition coefficient (Wildman–Crippen LogP) is 2.83. The number of rotatable bonds is 7. The first-order valence-corrected chi connectivity index (χ1v) is 7.79. The van der Waals surface area contributed by atoms with E-state index in [2.05, 4.69) is 0 Å². The summed E-state index contributed by atoms with van der Waals surface area (Å²) < 4.78 is 5.75. The Bertz CT molecular complexity index is 670. The zero-order chi connectivity index (χ0) is 16.1. The molecule has 0 radical (unpaired) electrons. The van der Waals surface area contributed by atoms with Gasteiger partial charge in [0.25, 0.3) is 0 Å². The van der Waals surface area contributed by atoms with Gasteiger partial charge in [0.15, 0.2) is 12.0 Å². The second-order valence-corrected chi connectivity index (χ2v) is 5.64. The molecule has 2 aromatic rings. The van der Waals surface area contributed by atoms with Crippen molar-refractivity contribution in [2.75, 3.05) is 6.54 Å². The molecule has 1 aliphatic heterocycles. The molecule has 118 valence electrons. The Hall–Kier alpha value is -2.62. The summed E-state index contributed by atoms with van der Waals surface area (Å²) in [5.41, 5.74) is 1.13. The molecule has 3 rings (SSSR count). The zero-order valence-corrected chi connectivity index (χ0v) is 12.9. The van der Waals surface area contributed by atoms with E-state index in [0.717, 1.165) is 5.56 Å². The largest absolute Gasteiger partial charge is 0.470 e. The lowest BCUT2D eigenvalue weighted by atomic mass is 10.1. The van der Waals surface area contributed by atoms with Crippen LogP contribution in [-0.4, -0.2) is 29.4 Å². The third kappa shape index (κ3) is 3.97. The molecule has 0 N–H and O–H groups in total. The highest BCUT2D eigenvalue weighted by Crippen LogP contribution is 2.23. The molecule has 1 fully saturated rings. The number of carbonyl (C=O) groups excluding carboxylic acids is 2. The van der Waals surface area contributed by atoms with Crippen LogP contribution >= 0.6 is 0 Å². The molecule has 1 aliphatic rings. The number of likely N-dealkylation sites (tertiary alicyclic amines) is 1. The number of hydrogen-bond donors (Lipinski definition) is 0. The van der Waals surface area contributed by atoms with Gasteiger partial charge in [-0.25, -0.2) is 0 Å². The zero-order valence-electron chi connectivity index (χ0n) is 12.9. The maximum absolute atomic E-state index is 12.1. The number of carbonyl (C=O) groups is 2. The van der Waals surface area contributed by atoms with Crippen molar-refractivity contribution in [2.24, 2.45) is 0 Å². The lowest BCUT2D eigenvalue weighted by Gasteiger charge is -2.39. The number of para-hydroxylation sites is 1. The standard InChI is InChI=1S/C19H19NO3/c21-16(12-11-15-7-3-1-4-8-15)14-20-18(22)13-19(20)23-17-9-5-2-6-10-17/h1-10,19H,11-14H2. The van der Waals surface area contributed by atoms with Gasteiger partial charge in [-0.05, 0) is 24.1 Å². The molecular formula is C19H19NO3. The first-order chi connectivity index (χ1) is 11.2. The average Bonchev–Trinajstić information content (AvgIpc) is 2.59. The van der Waals surface area contributed by atoms with E-state index in [1.165, 1.54) is 4.90 Å². The Morgan fingerprint density at radius 3 is 2.35 bits per heavy atom. The van der Waals surface area contributed by atoms with Crippen molar-refractivity contribution in [1.29, 1.82) is 0 Å². The van der Waals surface area contributed by atoms with Gasteiger partial charge in [0, 0.05) is 6.42 Å². The van der Waals surface area contributed by atoms with Crippen LogP contribution in [-0.2, 0) is 16.0 Å². The molecule has 1 unspecified atom stereocenters. The Labute approximate surface area is 135 Å². The molecule has 2 aromatic carbocycles. The van der Waals surface area contributed by atoms with Crippen LogP contribution in [0.2, 0.25) is 0 Å². The lowest BCUT2D eigenvalue weighted by molar-refractivity contribution is -0.162. The predicted molar refractivity (Wildman–Crippen MR) is 87.0 cm³/mol. The Morgan fingerprint density at radius 2 is 1.70 bits per heavy atom. The monoisotopic (exact) mass is 309 g/mol. The smallest absolute Gasteiger partial charge is 0.231 e. The molecule has 0 saturated carbocycles. The first kappa shape index (κ1) is 15.3. The number of ketones is 1. The van der Waals surface area contributed by atoms with Crippen LogP contribution in [0.5, 0.6) is 5.75 Å². The number of amides is 1. The summed E-state index contributed by atoms with van der Waals surface area (Å²) in [6.45, 7) is 0.128. The van der Waals surface area contributed by atoms with Crippen LogP contribution in [0.3, 0.4) is 0 Å². The van der Waals surface area contributed by atoms with E-state index < -0.39 is 0 Å². The molecule has 4 nitrogen and oxygen atoms in total. The second kappa shape index (κ2) is 7.09. The summed E-state index contributed by atoms with van der Waals surface area (Å²) in [5, 5.41) is 0. The van der Waals surface area contributed by atoms with Gasteiger partial charge in [-0.2, -0.15) is 0 Å². The first-order valence-electron chi connectivity index (χ1n) is 7.79. The van der Waals surface area contributed by atoms with E-state index in [1.807, 2.05) is 60.7 Å². The van der Waals surface area contributed by atoms with Crippen molar-refractivity contribution in [3.05, 3.63) is 66.2 Å². The van der Waals surface area contributed by atoms with Crippen molar-refractivity contribution >= 4 is 11.7 Å². The van der Waals surface area contributed by atoms with Crippen molar-refractivity contribution in [3.63, 3.8) is 0 Å². The van der Waals surface area contributed by atoms with Crippen LogP contribution in [0.25, 0.3) is 0 Å². The minimum atomic E-state index is -0.328. The number of aryl methyl sites for hydroxylation is 1. The quantitative estimate of drug-likeness (QED) is 0.739. The van der Waals surface area contributed by atoms with E-state index in [1.54, 1.807) is 0 Å². The van der Waals surface area contributed by atoms with Crippen molar-refractivity contribution in [3.8, 4) is 5.75 Å². The summed E-state index contributed by atoms with van der Waals surface area (Å²) in [5.74, 6) is 0.745. The van der Waals surface area contributed by atoms with Crippen LogP contribution in [0.1, 0.15) is 18.4 Å². The van der Waals surface area contributed by atoms with E-state index in [0.29, 0.717) is 25.0 Å². The van der Waals surface area contributed by atoms with Crippen LogP contribution < -0.4 is 4.74 Å². The normalized spacial score (nSPS) is 16.8. The van der Waals surface area contributed by atoms with Gasteiger partial charge in [0.05, 0.1) is 13.0 Å². The van der Waals surface area contributed by atoms with Crippen LogP contribution in [0.4, 0.5) is 0 Å². The third-order valence-electron chi connectivity index (χ3n) is 3.91. The average molecular weight is 309 g/mol. The summed E-state index contributed by atoms with van der Waals surface area (Å²) in [7, 11) is 0. The number of benzene rings is 2. The minimum absolute atomic E-state index is 0.0287. The molecule has 0 aliphatic carbocycles. The second-order valence-electron chi connectivity index (χ2n) is 5.64. The van der Waals surface area contributed by atoms with E-state index in [4.69, 9.17) is 4.74 Å². The van der Waals surface area contributed by atoms with Gasteiger partial charge in [-0.15, -0.1) is 0 Å². The van der Waals surface area contributed by atoms with Gasteiger partial charge in [-0.1, -0.05) is 48.5 Å². The summed E-state index contributed by atoms with van der Waals surface area (Å²) in [4.78, 5) is 25.4. The molecule has 0 bridgehead atoms. The van der Waals surface area contributed by atoms with Crippen molar-refractivity contribution < 1.29 is 14.3 Å². The van der Waals surface area contributed by atoms with E-state index in [9.17, 15) is 9.59 Å².